The number of nitrogens with zero attached hydrogens (tertiary/aromatic N) is 3. The van der Waals surface area contributed by atoms with Crippen LogP contribution in [-0.4, -0.2) is 82.8 Å². The molecule has 0 saturated carbocycles. The van der Waals surface area contributed by atoms with Crippen LogP contribution in [0.2, 0.25) is 0 Å². The number of ether oxygens (including phenoxy) is 1. The summed E-state index contributed by atoms with van der Waals surface area (Å²) in [4.78, 5) is 6.66. The van der Waals surface area contributed by atoms with Crippen LogP contribution < -0.4 is 5.32 Å². The highest BCUT2D eigenvalue weighted by molar-refractivity contribution is 14.0. The maximum Gasteiger partial charge on any atom is 0.211 e. The molecule has 24 heavy (non-hydrogen) atoms. The number of aliphatic imine (C=N–C) groups is 1. The third-order valence-electron chi connectivity index (χ3n) is 4.82. The molecule has 1 atom stereocenters. The highest BCUT2D eigenvalue weighted by Gasteiger charge is 2.42. The molecule has 1 unspecified atom stereocenters. The summed E-state index contributed by atoms with van der Waals surface area (Å²) in [6, 6.07) is 0. The number of hydrogen-bond acceptors (Lipinski definition) is 4. The van der Waals surface area contributed by atoms with Gasteiger partial charge in [-0.2, -0.15) is 0 Å². The van der Waals surface area contributed by atoms with E-state index in [2.05, 4.69) is 15.2 Å². The lowest BCUT2D eigenvalue weighted by molar-refractivity contribution is 0.156. The van der Waals surface area contributed by atoms with Crippen molar-refractivity contribution < 1.29 is 13.2 Å². The van der Waals surface area contributed by atoms with Gasteiger partial charge in [-0.05, 0) is 19.3 Å². The quantitative estimate of drug-likeness (QED) is 0.269. The van der Waals surface area contributed by atoms with Crippen molar-refractivity contribution in [3.63, 3.8) is 0 Å². The average molecular weight is 474 g/mol. The normalized spacial score (nSPS) is 24.7. The van der Waals surface area contributed by atoms with Crippen LogP contribution in [0.15, 0.2) is 4.99 Å². The Bertz CT molecular complexity index is 521. The molecular formula is C15H31IN4O3S. The van der Waals surface area contributed by atoms with Crippen LogP contribution in [0.25, 0.3) is 0 Å². The highest BCUT2D eigenvalue weighted by atomic mass is 127. The van der Waals surface area contributed by atoms with Crippen LogP contribution >= 0.6 is 24.0 Å². The minimum Gasteiger partial charge on any atom is -0.381 e. The van der Waals surface area contributed by atoms with Crippen LogP contribution in [0.3, 0.4) is 0 Å². The maximum absolute atomic E-state index is 11.6. The van der Waals surface area contributed by atoms with Crippen LogP contribution in [0.4, 0.5) is 0 Å². The van der Waals surface area contributed by atoms with Gasteiger partial charge in [0, 0.05) is 51.8 Å². The van der Waals surface area contributed by atoms with E-state index in [1.165, 1.54) is 10.6 Å². The van der Waals surface area contributed by atoms with Gasteiger partial charge in [0.25, 0.3) is 0 Å². The summed E-state index contributed by atoms with van der Waals surface area (Å²) in [6.07, 6.45) is 4.32. The Morgan fingerprint density at radius 3 is 2.71 bits per heavy atom. The summed E-state index contributed by atoms with van der Waals surface area (Å²) in [5.74, 6) is 0.913. The number of rotatable bonds is 6. The van der Waals surface area contributed by atoms with Crippen LogP contribution in [0, 0.1) is 5.41 Å². The second-order valence-electron chi connectivity index (χ2n) is 6.56. The SMILES string of the molecule is CCN(CCCNC(=NC)N1CCC2(CCOC2)C1)S(C)(=O)=O.I. The summed E-state index contributed by atoms with van der Waals surface area (Å²) >= 11 is 0. The topological polar surface area (TPSA) is 74.2 Å². The smallest absolute Gasteiger partial charge is 0.211 e. The van der Waals surface area contributed by atoms with Crippen LogP contribution in [0.1, 0.15) is 26.2 Å². The fourth-order valence-electron chi connectivity index (χ4n) is 3.43. The molecule has 2 heterocycles. The molecule has 9 heteroatoms. The van der Waals surface area contributed by atoms with Crippen molar-refractivity contribution in [3.8, 4) is 0 Å². The van der Waals surface area contributed by atoms with E-state index in [1.807, 2.05) is 6.92 Å². The summed E-state index contributed by atoms with van der Waals surface area (Å²) in [7, 11) is -1.30. The van der Waals surface area contributed by atoms with E-state index in [0.29, 0.717) is 18.5 Å². The molecule has 0 aromatic heterocycles. The standard InChI is InChI=1S/C15H30N4O3S.HI/c1-4-19(23(3,20)21)9-5-8-17-14(16-2)18-10-6-15(12-18)7-11-22-13-15;/h4-13H2,1-3H3,(H,16,17);1H. The molecule has 7 nitrogen and oxygen atoms in total. The van der Waals surface area contributed by atoms with Crippen molar-refractivity contribution in [2.45, 2.75) is 26.2 Å². The van der Waals surface area contributed by atoms with Gasteiger partial charge >= 0.3 is 0 Å². The predicted molar refractivity (Wildman–Crippen MR) is 108 cm³/mol. The molecule has 2 rings (SSSR count). The van der Waals surface area contributed by atoms with Gasteiger partial charge in [0.05, 0.1) is 12.9 Å². The number of hydrogen-bond donors (Lipinski definition) is 1. The third kappa shape index (κ3) is 5.70. The fraction of sp³-hybridized carbons (Fsp3) is 0.933. The second-order valence-corrected chi connectivity index (χ2v) is 8.54. The molecular weight excluding hydrogens is 443 g/mol. The first-order chi connectivity index (χ1) is 10.9. The van der Waals surface area contributed by atoms with Gasteiger partial charge in [-0.3, -0.25) is 4.99 Å². The maximum atomic E-state index is 11.6. The molecule has 0 amide bonds. The van der Waals surface area contributed by atoms with E-state index in [0.717, 1.165) is 58.1 Å². The van der Waals surface area contributed by atoms with Crippen LogP contribution in [0.5, 0.6) is 0 Å². The van der Waals surface area contributed by atoms with Crippen LogP contribution in [-0.2, 0) is 14.8 Å². The molecule has 1 N–H and O–H groups in total. The number of sulfonamides is 1. The van der Waals surface area contributed by atoms with Crippen molar-refractivity contribution in [1.29, 1.82) is 0 Å². The van der Waals surface area contributed by atoms with Gasteiger partial charge in [0.15, 0.2) is 5.96 Å². The zero-order valence-electron chi connectivity index (χ0n) is 15.0. The average Bonchev–Trinajstić information content (AvgIpc) is 3.12. The predicted octanol–water partition coefficient (Wildman–Crippen LogP) is 0.964. The van der Waals surface area contributed by atoms with Crippen molar-refractivity contribution in [2.24, 2.45) is 10.4 Å². The van der Waals surface area contributed by atoms with Gasteiger partial charge in [0.2, 0.25) is 10.0 Å². The molecule has 2 saturated heterocycles. The molecule has 2 aliphatic rings. The molecule has 0 aromatic rings. The Kier molecular flexibility index (Phi) is 8.71. The molecule has 2 aliphatic heterocycles. The van der Waals surface area contributed by atoms with E-state index in [4.69, 9.17) is 4.74 Å². The Balaban J connectivity index is 0.00000288. The van der Waals surface area contributed by atoms with E-state index < -0.39 is 10.0 Å². The Morgan fingerprint density at radius 2 is 2.17 bits per heavy atom. The monoisotopic (exact) mass is 474 g/mol. The molecule has 0 radical (unpaired) electrons. The van der Waals surface area contributed by atoms with Gasteiger partial charge < -0.3 is 15.0 Å². The molecule has 0 aliphatic carbocycles. The van der Waals surface area contributed by atoms with E-state index in [9.17, 15) is 8.42 Å². The van der Waals surface area contributed by atoms with E-state index >= 15 is 0 Å². The first-order valence-electron chi connectivity index (χ1n) is 8.39. The summed E-state index contributed by atoms with van der Waals surface area (Å²) in [5, 5.41) is 3.36. The Hall–Kier alpha value is -0.130. The van der Waals surface area contributed by atoms with Crippen molar-refractivity contribution >= 4 is 40.0 Å². The zero-order chi connectivity index (χ0) is 16.9. The molecule has 2 fully saturated rings. The first-order valence-corrected chi connectivity index (χ1v) is 10.2. The van der Waals surface area contributed by atoms with E-state index in [-0.39, 0.29) is 24.0 Å². The largest absolute Gasteiger partial charge is 0.381 e. The van der Waals surface area contributed by atoms with Crippen molar-refractivity contribution in [3.05, 3.63) is 0 Å². The highest BCUT2D eigenvalue weighted by Crippen LogP contribution is 2.38. The summed E-state index contributed by atoms with van der Waals surface area (Å²) < 4.78 is 30.2. The molecule has 0 bridgehead atoms. The second kappa shape index (κ2) is 9.54. The number of likely N-dealkylation sites (tertiary alicyclic amines) is 1. The van der Waals surface area contributed by atoms with Crippen molar-refractivity contribution in [2.75, 3.05) is 59.2 Å². The number of halogens is 1. The first kappa shape index (κ1) is 21.9. The number of guanidine groups is 1. The van der Waals surface area contributed by atoms with Gasteiger partial charge in [-0.25, -0.2) is 12.7 Å². The van der Waals surface area contributed by atoms with Gasteiger partial charge in [-0.1, -0.05) is 6.92 Å². The summed E-state index contributed by atoms with van der Waals surface area (Å²) in [5.41, 5.74) is 0.312. The molecule has 142 valence electrons. The minimum absolute atomic E-state index is 0. The lowest BCUT2D eigenvalue weighted by Gasteiger charge is -2.25. The summed E-state index contributed by atoms with van der Waals surface area (Å²) in [6.45, 7) is 7.38. The number of nitrogens with one attached hydrogen (secondary N) is 1. The van der Waals surface area contributed by atoms with Gasteiger partial charge in [-0.15, -0.1) is 24.0 Å². The zero-order valence-corrected chi connectivity index (χ0v) is 18.1. The Morgan fingerprint density at radius 1 is 1.42 bits per heavy atom. The third-order valence-corrected chi connectivity index (χ3v) is 6.20. The minimum atomic E-state index is -3.10. The lowest BCUT2D eigenvalue weighted by atomic mass is 9.87. The lowest BCUT2D eigenvalue weighted by Crippen LogP contribution is -2.42. The molecule has 0 aromatic carbocycles. The van der Waals surface area contributed by atoms with E-state index in [1.54, 1.807) is 7.05 Å². The van der Waals surface area contributed by atoms with Crippen molar-refractivity contribution in [1.82, 2.24) is 14.5 Å². The molecule has 1 spiro atoms. The Labute approximate surface area is 163 Å². The fourth-order valence-corrected chi connectivity index (χ4v) is 4.36. The van der Waals surface area contributed by atoms with Gasteiger partial charge in [0.1, 0.15) is 0 Å².